The number of likely N-dealkylation sites (tertiary alicyclic amines) is 1. The molecule has 2 aliphatic rings. The summed E-state index contributed by atoms with van der Waals surface area (Å²) in [5.74, 6) is -0.535. The van der Waals surface area contributed by atoms with Gasteiger partial charge in [-0.1, -0.05) is 29.8 Å². The van der Waals surface area contributed by atoms with E-state index in [0.717, 1.165) is 11.4 Å². The molecule has 0 bridgehead atoms. The summed E-state index contributed by atoms with van der Waals surface area (Å²) in [5.41, 5.74) is 3.93. The van der Waals surface area contributed by atoms with Gasteiger partial charge in [-0.2, -0.15) is 5.10 Å². The highest BCUT2D eigenvalue weighted by molar-refractivity contribution is 6.30. The van der Waals surface area contributed by atoms with E-state index in [0.29, 0.717) is 18.1 Å². The van der Waals surface area contributed by atoms with Gasteiger partial charge < -0.3 is 15.4 Å². The molecule has 6 heteroatoms. The van der Waals surface area contributed by atoms with E-state index in [9.17, 15) is 9.90 Å². The number of hydrazone groups is 1. The third-order valence-corrected chi connectivity index (χ3v) is 4.64. The third kappa shape index (κ3) is 2.68. The molecule has 22 heavy (non-hydrogen) atoms. The number of carbonyl (C=O) groups is 1. The van der Waals surface area contributed by atoms with Gasteiger partial charge in [0.1, 0.15) is 5.84 Å². The minimum atomic E-state index is -0.775. The fourth-order valence-electron chi connectivity index (χ4n) is 3.27. The molecule has 2 aliphatic heterocycles. The monoisotopic (exact) mass is 319 g/mol. The molecule has 0 amide bonds. The van der Waals surface area contributed by atoms with Gasteiger partial charge in [0.2, 0.25) is 0 Å². The molecule has 0 radical (unpaired) electrons. The molecule has 0 aliphatic carbocycles. The van der Waals surface area contributed by atoms with Crippen molar-refractivity contribution in [1.82, 2.24) is 10.3 Å². The number of rotatable bonds is 2. The Balaban J connectivity index is 1.92. The molecule has 0 saturated carbocycles. The minimum Gasteiger partial charge on any atom is -0.481 e. The maximum atomic E-state index is 11.8. The standard InChI is InChI=1S/C16H18ClN3O2/c1-10-15(16(21)22)13(11-4-6-12(17)7-5-11)9-20(10)14-3-2-8-18-19-14/h2-7,10,13,15,18H,8-9H2,1H3,(H,21,22)/t10?,13-,15+/m0/s1. The van der Waals surface area contributed by atoms with E-state index in [2.05, 4.69) is 15.4 Å². The molecule has 1 fully saturated rings. The SMILES string of the molecule is CC1[C@@H](C(=O)O)[C@H](c2ccc(Cl)cc2)CN1C1=NNCC=C1. The molecule has 1 aromatic carbocycles. The number of aliphatic carboxylic acids is 1. The van der Waals surface area contributed by atoms with Crippen LogP contribution < -0.4 is 5.43 Å². The first kappa shape index (κ1) is 14.9. The zero-order valence-electron chi connectivity index (χ0n) is 12.2. The van der Waals surface area contributed by atoms with Crippen molar-refractivity contribution in [2.45, 2.75) is 18.9 Å². The second kappa shape index (κ2) is 6.01. The fraction of sp³-hybridized carbons (Fsp3) is 0.375. The van der Waals surface area contributed by atoms with Crippen molar-refractivity contribution in [2.24, 2.45) is 11.0 Å². The van der Waals surface area contributed by atoms with Crippen LogP contribution in [0.4, 0.5) is 0 Å². The number of benzene rings is 1. The normalized spacial score (nSPS) is 27.5. The van der Waals surface area contributed by atoms with Gasteiger partial charge >= 0.3 is 5.97 Å². The van der Waals surface area contributed by atoms with Crippen molar-refractivity contribution in [3.63, 3.8) is 0 Å². The lowest BCUT2D eigenvalue weighted by Crippen LogP contribution is -2.38. The topological polar surface area (TPSA) is 64.9 Å². The molecule has 1 unspecified atom stereocenters. The van der Waals surface area contributed by atoms with Crippen LogP contribution in [-0.4, -0.2) is 40.9 Å². The Hall–Kier alpha value is -2.01. The highest BCUT2D eigenvalue weighted by Crippen LogP contribution is 2.38. The predicted molar refractivity (Wildman–Crippen MR) is 86.1 cm³/mol. The number of amidine groups is 1. The first-order valence-electron chi connectivity index (χ1n) is 7.30. The van der Waals surface area contributed by atoms with Gasteiger partial charge in [0.15, 0.2) is 0 Å². The maximum absolute atomic E-state index is 11.8. The second-order valence-corrected chi connectivity index (χ2v) is 6.09. The van der Waals surface area contributed by atoms with Crippen LogP contribution in [-0.2, 0) is 4.79 Å². The van der Waals surface area contributed by atoms with Crippen LogP contribution in [0.2, 0.25) is 5.02 Å². The summed E-state index contributed by atoms with van der Waals surface area (Å²) in [7, 11) is 0. The largest absolute Gasteiger partial charge is 0.481 e. The van der Waals surface area contributed by atoms with E-state index in [1.807, 2.05) is 43.3 Å². The van der Waals surface area contributed by atoms with E-state index in [-0.39, 0.29) is 12.0 Å². The van der Waals surface area contributed by atoms with Crippen molar-refractivity contribution < 1.29 is 9.90 Å². The zero-order valence-corrected chi connectivity index (χ0v) is 13.0. The minimum absolute atomic E-state index is 0.0807. The first-order chi connectivity index (χ1) is 10.6. The number of hydrogen-bond acceptors (Lipinski definition) is 4. The molecule has 116 valence electrons. The van der Waals surface area contributed by atoms with Gasteiger partial charge in [-0.15, -0.1) is 0 Å². The lowest BCUT2D eigenvalue weighted by molar-refractivity contribution is -0.142. The summed E-state index contributed by atoms with van der Waals surface area (Å²) < 4.78 is 0. The number of halogens is 1. The van der Waals surface area contributed by atoms with Crippen molar-refractivity contribution in [2.75, 3.05) is 13.1 Å². The number of carboxylic acids is 1. The van der Waals surface area contributed by atoms with Gasteiger partial charge in [0, 0.05) is 23.5 Å². The molecule has 1 saturated heterocycles. The summed E-state index contributed by atoms with van der Waals surface area (Å²) in [6, 6.07) is 7.32. The lowest BCUT2D eigenvalue weighted by Gasteiger charge is -2.26. The Labute approximate surface area is 134 Å². The van der Waals surface area contributed by atoms with E-state index in [1.54, 1.807) is 0 Å². The van der Waals surface area contributed by atoms with Crippen LogP contribution in [0.25, 0.3) is 0 Å². The molecule has 3 atom stereocenters. The zero-order chi connectivity index (χ0) is 15.7. The summed E-state index contributed by atoms with van der Waals surface area (Å²) in [4.78, 5) is 13.8. The molecule has 2 N–H and O–H groups in total. The highest BCUT2D eigenvalue weighted by Gasteiger charge is 2.45. The average molecular weight is 320 g/mol. The van der Waals surface area contributed by atoms with Crippen LogP contribution in [0, 0.1) is 5.92 Å². The van der Waals surface area contributed by atoms with Crippen LogP contribution in [0.3, 0.4) is 0 Å². The van der Waals surface area contributed by atoms with Crippen LogP contribution in [0.15, 0.2) is 41.5 Å². The Morgan fingerprint density at radius 1 is 1.41 bits per heavy atom. The predicted octanol–water partition coefficient (Wildman–Crippen LogP) is 2.30. The molecule has 2 heterocycles. The molecular formula is C16H18ClN3O2. The molecule has 0 aromatic heterocycles. The van der Waals surface area contributed by atoms with Crippen LogP contribution in [0.1, 0.15) is 18.4 Å². The van der Waals surface area contributed by atoms with E-state index >= 15 is 0 Å². The fourth-order valence-corrected chi connectivity index (χ4v) is 3.39. The van der Waals surface area contributed by atoms with Gasteiger partial charge in [0.25, 0.3) is 0 Å². The summed E-state index contributed by atoms with van der Waals surface area (Å²) >= 11 is 5.93. The summed E-state index contributed by atoms with van der Waals surface area (Å²) in [5, 5.41) is 14.6. The summed E-state index contributed by atoms with van der Waals surface area (Å²) in [6.07, 6.45) is 3.93. The van der Waals surface area contributed by atoms with Crippen LogP contribution >= 0.6 is 11.6 Å². The summed E-state index contributed by atoms with van der Waals surface area (Å²) in [6.45, 7) is 3.28. The van der Waals surface area contributed by atoms with Crippen molar-refractivity contribution in [1.29, 1.82) is 0 Å². The second-order valence-electron chi connectivity index (χ2n) is 5.65. The van der Waals surface area contributed by atoms with Gasteiger partial charge in [-0.25, -0.2) is 0 Å². The Morgan fingerprint density at radius 2 is 2.14 bits per heavy atom. The number of nitrogens with one attached hydrogen (secondary N) is 1. The molecule has 5 nitrogen and oxygen atoms in total. The van der Waals surface area contributed by atoms with Crippen molar-refractivity contribution in [3.05, 3.63) is 47.0 Å². The smallest absolute Gasteiger partial charge is 0.309 e. The lowest BCUT2D eigenvalue weighted by atomic mass is 9.86. The van der Waals surface area contributed by atoms with Gasteiger partial charge in [-0.3, -0.25) is 4.79 Å². The van der Waals surface area contributed by atoms with E-state index in [4.69, 9.17) is 11.6 Å². The van der Waals surface area contributed by atoms with Crippen LogP contribution in [0.5, 0.6) is 0 Å². The molecule has 1 aromatic rings. The Bertz CT molecular complexity index is 627. The first-order valence-corrected chi connectivity index (χ1v) is 7.67. The van der Waals surface area contributed by atoms with Gasteiger partial charge in [-0.05, 0) is 30.7 Å². The average Bonchev–Trinajstić information content (AvgIpc) is 2.86. The number of carboxylic acid groups (broad SMARTS) is 1. The Morgan fingerprint density at radius 3 is 2.73 bits per heavy atom. The third-order valence-electron chi connectivity index (χ3n) is 4.39. The highest BCUT2D eigenvalue weighted by atomic mass is 35.5. The maximum Gasteiger partial charge on any atom is 0.309 e. The van der Waals surface area contributed by atoms with E-state index < -0.39 is 11.9 Å². The number of hydrogen-bond donors (Lipinski definition) is 2. The number of nitrogens with zero attached hydrogens (tertiary/aromatic N) is 2. The Kier molecular flexibility index (Phi) is 4.07. The quantitative estimate of drug-likeness (QED) is 0.878. The molecule has 3 rings (SSSR count). The van der Waals surface area contributed by atoms with Crippen molar-refractivity contribution >= 4 is 23.4 Å². The van der Waals surface area contributed by atoms with Gasteiger partial charge in [0.05, 0.1) is 12.5 Å². The van der Waals surface area contributed by atoms with Crippen molar-refractivity contribution in [3.8, 4) is 0 Å². The molecular weight excluding hydrogens is 302 g/mol. The van der Waals surface area contributed by atoms with E-state index in [1.165, 1.54) is 0 Å². The molecule has 0 spiro atoms.